The second-order valence-electron chi connectivity index (χ2n) is 1.62. The molecule has 0 aliphatic heterocycles. The van der Waals surface area contributed by atoms with E-state index in [-0.39, 0.29) is 0 Å². The van der Waals surface area contributed by atoms with Gasteiger partial charge < -0.3 is 5.73 Å². The van der Waals surface area contributed by atoms with Crippen LogP contribution in [0.3, 0.4) is 0 Å². The fourth-order valence-corrected chi connectivity index (χ4v) is 0.448. The van der Waals surface area contributed by atoms with Gasteiger partial charge >= 0.3 is 0 Å². The second kappa shape index (κ2) is 4.49. The molecule has 0 aliphatic rings. The molecule has 0 amide bonds. The van der Waals surface area contributed by atoms with E-state index in [1.54, 1.807) is 7.05 Å². The molecule has 0 aromatic carbocycles. The monoisotopic (exact) mass is 138 g/mol. The molecule has 2 N–H and O–H groups in total. The van der Waals surface area contributed by atoms with Crippen LogP contribution in [0.2, 0.25) is 0 Å². The van der Waals surface area contributed by atoms with Crippen LogP contribution < -0.4 is 5.73 Å². The Morgan fingerprint density at radius 1 is 1.70 bits per heavy atom. The molecular formula is C7H10N2O. The zero-order valence-corrected chi connectivity index (χ0v) is 5.87. The maximum Gasteiger partial charge on any atom is 0.152 e. The molecule has 0 unspecified atom stereocenters. The van der Waals surface area contributed by atoms with Gasteiger partial charge in [-0.2, -0.15) is 0 Å². The highest BCUT2D eigenvalue weighted by Gasteiger charge is 1.92. The predicted molar refractivity (Wildman–Crippen MR) is 41.9 cm³/mol. The van der Waals surface area contributed by atoms with Gasteiger partial charge in [0.1, 0.15) is 0 Å². The minimum absolute atomic E-state index is 0.340. The summed E-state index contributed by atoms with van der Waals surface area (Å²) in [5.74, 6) is 0. The van der Waals surface area contributed by atoms with Gasteiger partial charge in [-0.15, -0.1) is 0 Å². The Balaban J connectivity index is 4.58. The average Bonchev–Trinajstić information content (AvgIpc) is 1.91. The molecule has 3 heteroatoms. The van der Waals surface area contributed by atoms with Crippen LogP contribution in [0.25, 0.3) is 0 Å². The average molecular weight is 138 g/mol. The van der Waals surface area contributed by atoms with E-state index in [1.165, 1.54) is 12.3 Å². The summed E-state index contributed by atoms with van der Waals surface area (Å²) in [4.78, 5) is 13.8. The van der Waals surface area contributed by atoms with E-state index in [1.807, 2.05) is 0 Å². The van der Waals surface area contributed by atoms with Crippen LogP contribution in [-0.2, 0) is 4.79 Å². The van der Waals surface area contributed by atoms with Crippen molar-refractivity contribution in [3.8, 4) is 0 Å². The van der Waals surface area contributed by atoms with Crippen LogP contribution >= 0.6 is 0 Å². The molecule has 3 nitrogen and oxygen atoms in total. The van der Waals surface area contributed by atoms with E-state index in [2.05, 4.69) is 11.6 Å². The molecule has 0 bridgehead atoms. The zero-order valence-electron chi connectivity index (χ0n) is 5.87. The smallest absolute Gasteiger partial charge is 0.152 e. The molecule has 54 valence electrons. The van der Waals surface area contributed by atoms with Gasteiger partial charge in [0.2, 0.25) is 0 Å². The Bertz CT molecular complexity index is 182. The van der Waals surface area contributed by atoms with Crippen molar-refractivity contribution in [3.63, 3.8) is 0 Å². The van der Waals surface area contributed by atoms with Crippen LogP contribution in [-0.4, -0.2) is 19.5 Å². The van der Waals surface area contributed by atoms with Crippen molar-refractivity contribution < 1.29 is 4.79 Å². The Labute approximate surface area is 59.9 Å². The lowest BCUT2D eigenvalue weighted by molar-refractivity contribution is -0.104. The third-order valence-electron chi connectivity index (χ3n) is 0.948. The molecule has 10 heavy (non-hydrogen) atoms. The summed E-state index contributed by atoms with van der Waals surface area (Å²) >= 11 is 0. The maximum absolute atomic E-state index is 10.2. The van der Waals surface area contributed by atoms with Crippen LogP contribution in [0.15, 0.2) is 28.9 Å². The number of aldehydes is 1. The van der Waals surface area contributed by atoms with E-state index in [4.69, 9.17) is 5.73 Å². The standard InChI is InChI=1S/C7H10N2O/c1-3-6(5-10)7(8)4-9-2/h3-5H,1,8H2,2H3/b7-6-,9-4?. The molecule has 0 heterocycles. The number of rotatable bonds is 3. The summed E-state index contributed by atoms with van der Waals surface area (Å²) < 4.78 is 0. The van der Waals surface area contributed by atoms with E-state index in [9.17, 15) is 4.79 Å². The molecular weight excluding hydrogens is 128 g/mol. The molecule has 0 saturated heterocycles. The van der Waals surface area contributed by atoms with Gasteiger partial charge in [-0.1, -0.05) is 12.7 Å². The highest BCUT2D eigenvalue weighted by atomic mass is 16.1. The minimum atomic E-state index is 0.340. The first-order valence-electron chi connectivity index (χ1n) is 2.75. The molecule has 0 radical (unpaired) electrons. The van der Waals surface area contributed by atoms with E-state index in [0.29, 0.717) is 17.6 Å². The van der Waals surface area contributed by atoms with Crippen molar-refractivity contribution >= 4 is 12.5 Å². The molecule has 0 aromatic heterocycles. The molecule has 0 spiro atoms. The fraction of sp³-hybridized carbons (Fsp3) is 0.143. The first-order valence-corrected chi connectivity index (χ1v) is 2.75. The number of nitrogens with zero attached hydrogens (tertiary/aromatic N) is 1. The molecule has 0 fully saturated rings. The fourth-order valence-electron chi connectivity index (χ4n) is 0.448. The normalized spacial score (nSPS) is 12.9. The summed E-state index contributed by atoms with van der Waals surface area (Å²) in [7, 11) is 1.58. The zero-order chi connectivity index (χ0) is 7.98. The quantitative estimate of drug-likeness (QED) is 0.263. The Morgan fingerprint density at radius 2 is 2.30 bits per heavy atom. The van der Waals surface area contributed by atoms with E-state index >= 15 is 0 Å². The number of carbonyl (C=O) groups excluding carboxylic acids is 1. The third kappa shape index (κ3) is 2.26. The van der Waals surface area contributed by atoms with Gasteiger partial charge in [-0.3, -0.25) is 9.79 Å². The third-order valence-corrected chi connectivity index (χ3v) is 0.948. The first kappa shape index (κ1) is 8.62. The predicted octanol–water partition coefficient (Wildman–Crippen LogP) is 0.285. The van der Waals surface area contributed by atoms with E-state index in [0.717, 1.165) is 0 Å². The van der Waals surface area contributed by atoms with Crippen molar-refractivity contribution in [1.29, 1.82) is 0 Å². The van der Waals surface area contributed by atoms with Crippen LogP contribution in [0.5, 0.6) is 0 Å². The Hall–Kier alpha value is -1.38. The second-order valence-corrected chi connectivity index (χ2v) is 1.62. The van der Waals surface area contributed by atoms with Gasteiger partial charge in [0.15, 0.2) is 6.29 Å². The number of allylic oxidation sites excluding steroid dienone is 3. The van der Waals surface area contributed by atoms with Crippen molar-refractivity contribution in [1.82, 2.24) is 0 Å². The van der Waals surface area contributed by atoms with Crippen molar-refractivity contribution in [3.05, 3.63) is 23.9 Å². The SMILES string of the molecule is C=C/C(C=O)=C(/N)C=NC. The Kier molecular flexibility index (Phi) is 3.87. The lowest BCUT2D eigenvalue weighted by Gasteiger charge is -1.92. The van der Waals surface area contributed by atoms with Crippen molar-refractivity contribution in [2.24, 2.45) is 10.7 Å². The number of hydrogen-bond donors (Lipinski definition) is 1. The number of aliphatic imine (C=N–C) groups is 1. The van der Waals surface area contributed by atoms with Gasteiger partial charge in [0.25, 0.3) is 0 Å². The van der Waals surface area contributed by atoms with Crippen LogP contribution in [0.1, 0.15) is 0 Å². The summed E-state index contributed by atoms with van der Waals surface area (Å²) in [6, 6.07) is 0. The molecule has 0 rings (SSSR count). The number of carbonyl (C=O) groups is 1. The first-order chi connectivity index (χ1) is 4.76. The van der Waals surface area contributed by atoms with Gasteiger partial charge in [-0.05, 0) is 0 Å². The van der Waals surface area contributed by atoms with E-state index < -0.39 is 0 Å². The summed E-state index contributed by atoms with van der Waals surface area (Å²) in [5.41, 5.74) is 6.08. The summed E-state index contributed by atoms with van der Waals surface area (Å²) in [6.45, 7) is 3.40. The lowest BCUT2D eigenvalue weighted by Crippen LogP contribution is -2.03. The summed E-state index contributed by atoms with van der Waals surface area (Å²) in [5, 5.41) is 0. The molecule has 0 aliphatic carbocycles. The van der Waals surface area contributed by atoms with Crippen LogP contribution in [0, 0.1) is 0 Å². The largest absolute Gasteiger partial charge is 0.397 e. The van der Waals surface area contributed by atoms with Crippen molar-refractivity contribution in [2.45, 2.75) is 0 Å². The molecule has 0 atom stereocenters. The minimum Gasteiger partial charge on any atom is -0.397 e. The van der Waals surface area contributed by atoms with Gasteiger partial charge in [0.05, 0.1) is 5.70 Å². The highest BCUT2D eigenvalue weighted by molar-refractivity contribution is 5.90. The van der Waals surface area contributed by atoms with Gasteiger partial charge in [-0.25, -0.2) is 0 Å². The topological polar surface area (TPSA) is 55.5 Å². The van der Waals surface area contributed by atoms with Crippen molar-refractivity contribution in [2.75, 3.05) is 7.05 Å². The molecule has 0 aromatic rings. The molecule has 0 saturated carbocycles. The van der Waals surface area contributed by atoms with Gasteiger partial charge in [0, 0.05) is 18.8 Å². The number of nitrogens with two attached hydrogens (primary N) is 1. The lowest BCUT2D eigenvalue weighted by atomic mass is 10.2. The maximum atomic E-state index is 10.2. The highest BCUT2D eigenvalue weighted by Crippen LogP contribution is 1.92. The number of hydrogen-bond acceptors (Lipinski definition) is 3. The summed E-state index contributed by atoms with van der Waals surface area (Å²) in [6.07, 6.45) is 3.44. The Morgan fingerprint density at radius 3 is 2.60 bits per heavy atom. The van der Waals surface area contributed by atoms with Crippen LogP contribution in [0.4, 0.5) is 0 Å².